The van der Waals surface area contributed by atoms with Gasteiger partial charge in [-0.3, -0.25) is 0 Å². The molecule has 3 heteroatoms. The van der Waals surface area contributed by atoms with E-state index < -0.39 is 0 Å². The predicted molar refractivity (Wildman–Crippen MR) is 111 cm³/mol. The Kier molecular flexibility index (Phi) is 4.79. The van der Waals surface area contributed by atoms with E-state index in [0.29, 0.717) is 5.92 Å². The zero-order valence-corrected chi connectivity index (χ0v) is 17.3. The maximum atomic E-state index is 6.25. The minimum atomic E-state index is -0.286. The lowest BCUT2D eigenvalue weighted by Gasteiger charge is -2.52. The van der Waals surface area contributed by atoms with E-state index in [9.17, 15) is 0 Å². The Hall–Kier alpha value is -1.32. The van der Waals surface area contributed by atoms with Crippen LogP contribution in [-0.2, 0) is 15.9 Å². The number of rotatable bonds is 5. The molecule has 4 atom stereocenters. The van der Waals surface area contributed by atoms with Crippen molar-refractivity contribution in [2.24, 2.45) is 17.3 Å². The van der Waals surface area contributed by atoms with Crippen LogP contribution in [0.1, 0.15) is 68.9 Å². The molecular weight excluding hydrogens is 348 g/mol. The standard InChI is InChI=1S/C25H34O3/c1-3-4-5-14-26-19-7-9-20-18(17-19)6-8-22-21(20)10-12-24(2)23(22)11-13-25(24)27-15-16-28-25/h3,7,9,17,21-23H,1,4-6,8,10-16H2,2H3/t21-,22-,23?,24?/m1/s1. The summed E-state index contributed by atoms with van der Waals surface area (Å²) in [5, 5.41) is 0. The Balaban J connectivity index is 1.34. The van der Waals surface area contributed by atoms with Crippen molar-refractivity contribution in [2.75, 3.05) is 19.8 Å². The van der Waals surface area contributed by atoms with Crippen molar-refractivity contribution in [3.63, 3.8) is 0 Å². The van der Waals surface area contributed by atoms with Crippen molar-refractivity contribution < 1.29 is 14.2 Å². The van der Waals surface area contributed by atoms with E-state index >= 15 is 0 Å². The van der Waals surface area contributed by atoms with Gasteiger partial charge in [-0.1, -0.05) is 19.1 Å². The molecule has 0 aromatic heterocycles. The molecule has 1 saturated heterocycles. The Bertz CT molecular complexity index is 735. The van der Waals surface area contributed by atoms with Gasteiger partial charge in [0.25, 0.3) is 0 Å². The summed E-state index contributed by atoms with van der Waals surface area (Å²) >= 11 is 0. The molecule has 2 unspecified atom stereocenters. The molecule has 0 radical (unpaired) electrons. The fraction of sp³-hybridized carbons (Fsp3) is 0.680. The van der Waals surface area contributed by atoms with Crippen molar-refractivity contribution in [1.82, 2.24) is 0 Å². The highest BCUT2D eigenvalue weighted by Gasteiger charge is 2.64. The Morgan fingerprint density at radius 1 is 1.18 bits per heavy atom. The summed E-state index contributed by atoms with van der Waals surface area (Å²) in [4.78, 5) is 0. The Morgan fingerprint density at radius 3 is 2.86 bits per heavy atom. The van der Waals surface area contributed by atoms with Crippen LogP contribution in [-0.4, -0.2) is 25.6 Å². The highest BCUT2D eigenvalue weighted by atomic mass is 16.7. The van der Waals surface area contributed by atoms with Gasteiger partial charge in [-0.05, 0) is 86.0 Å². The molecule has 3 fully saturated rings. The molecule has 1 heterocycles. The summed E-state index contributed by atoms with van der Waals surface area (Å²) in [6.45, 7) is 8.56. The van der Waals surface area contributed by atoms with Crippen LogP contribution >= 0.6 is 0 Å². The molecule has 1 aromatic carbocycles. The molecule has 152 valence electrons. The molecule has 1 aliphatic heterocycles. The number of aryl methyl sites for hydroxylation is 1. The van der Waals surface area contributed by atoms with Crippen LogP contribution in [0.2, 0.25) is 0 Å². The molecule has 0 amide bonds. The minimum Gasteiger partial charge on any atom is -0.494 e. The normalized spacial score (nSPS) is 35.2. The van der Waals surface area contributed by atoms with Gasteiger partial charge >= 0.3 is 0 Å². The van der Waals surface area contributed by atoms with Gasteiger partial charge in [-0.15, -0.1) is 6.58 Å². The SMILES string of the molecule is C=CCCCOc1ccc2c(c1)CC[C@H]1C3CCC4(OCCO4)C3(C)CC[C@H]21. The molecule has 3 nitrogen and oxygen atoms in total. The third-order valence-electron chi connectivity index (χ3n) is 8.32. The maximum absolute atomic E-state index is 6.25. The van der Waals surface area contributed by atoms with Crippen LogP contribution in [0.4, 0.5) is 0 Å². The minimum absolute atomic E-state index is 0.191. The summed E-state index contributed by atoms with van der Waals surface area (Å²) in [6.07, 6.45) is 11.3. The van der Waals surface area contributed by atoms with Crippen molar-refractivity contribution in [3.8, 4) is 5.75 Å². The molecule has 1 aromatic rings. The van der Waals surface area contributed by atoms with E-state index in [-0.39, 0.29) is 11.2 Å². The Labute approximate surface area is 169 Å². The van der Waals surface area contributed by atoms with Crippen LogP contribution in [0.15, 0.2) is 30.9 Å². The van der Waals surface area contributed by atoms with E-state index in [2.05, 4.69) is 31.7 Å². The lowest BCUT2D eigenvalue weighted by Crippen LogP contribution is -2.51. The summed E-state index contributed by atoms with van der Waals surface area (Å²) in [6, 6.07) is 6.87. The number of ether oxygens (including phenoxy) is 3. The third-order valence-corrected chi connectivity index (χ3v) is 8.32. The Morgan fingerprint density at radius 2 is 2.04 bits per heavy atom. The second-order valence-corrected chi connectivity index (χ2v) is 9.50. The summed E-state index contributed by atoms with van der Waals surface area (Å²) in [5.41, 5.74) is 3.30. The summed E-state index contributed by atoms with van der Waals surface area (Å²) < 4.78 is 18.5. The van der Waals surface area contributed by atoms with Crippen molar-refractivity contribution in [2.45, 2.75) is 70.0 Å². The number of allylic oxidation sites excluding steroid dienone is 1. The van der Waals surface area contributed by atoms with E-state index in [1.165, 1.54) is 37.7 Å². The third kappa shape index (κ3) is 2.77. The number of hydrogen-bond acceptors (Lipinski definition) is 3. The monoisotopic (exact) mass is 382 g/mol. The van der Waals surface area contributed by atoms with Crippen molar-refractivity contribution >= 4 is 0 Å². The first kappa shape index (κ1) is 18.7. The molecular formula is C25H34O3. The number of benzene rings is 1. The number of unbranched alkanes of at least 4 members (excludes halogenated alkanes) is 1. The molecule has 4 aliphatic rings. The smallest absolute Gasteiger partial charge is 0.174 e. The first-order chi connectivity index (χ1) is 13.7. The van der Waals surface area contributed by atoms with Gasteiger partial charge in [0.15, 0.2) is 5.79 Å². The highest BCUT2D eigenvalue weighted by Crippen LogP contribution is 2.66. The number of fused-ring (bicyclic) bond motifs is 6. The molecule has 0 bridgehead atoms. The summed E-state index contributed by atoms with van der Waals surface area (Å²) in [5.74, 6) is 2.96. The first-order valence-corrected chi connectivity index (χ1v) is 11.3. The fourth-order valence-electron chi connectivity index (χ4n) is 6.95. The van der Waals surface area contributed by atoms with Crippen LogP contribution in [0.3, 0.4) is 0 Å². The second-order valence-electron chi connectivity index (χ2n) is 9.50. The maximum Gasteiger partial charge on any atom is 0.174 e. The van der Waals surface area contributed by atoms with Crippen LogP contribution in [0.25, 0.3) is 0 Å². The van der Waals surface area contributed by atoms with Crippen LogP contribution in [0, 0.1) is 17.3 Å². The van der Waals surface area contributed by atoms with E-state index in [0.717, 1.165) is 56.7 Å². The molecule has 28 heavy (non-hydrogen) atoms. The van der Waals surface area contributed by atoms with Crippen LogP contribution < -0.4 is 4.74 Å². The molecule has 1 spiro atoms. The van der Waals surface area contributed by atoms with Crippen LogP contribution in [0.5, 0.6) is 5.75 Å². The predicted octanol–water partition coefficient (Wildman–Crippen LogP) is 5.63. The quantitative estimate of drug-likeness (QED) is 0.488. The van der Waals surface area contributed by atoms with Gasteiger partial charge < -0.3 is 14.2 Å². The zero-order valence-electron chi connectivity index (χ0n) is 17.3. The van der Waals surface area contributed by atoms with Gasteiger partial charge in [0.1, 0.15) is 5.75 Å². The average molecular weight is 383 g/mol. The molecule has 2 saturated carbocycles. The lowest BCUT2D eigenvalue weighted by molar-refractivity contribution is -0.237. The van der Waals surface area contributed by atoms with Gasteiger partial charge in [0, 0.05) is 11.8 Å². The van der Waals surface area contributed by atoms with Gasteiger partial charge in [-0.25, -0.2) is 0 Å². The molecule has 5 rings (SSSR count). The first-order valence-electron chi connectivity index (χ1n) is 11.3. The largest absolute Gasteiger partial charge is 0.494 e. The second kappa shape index (κ2) is 7.18. The number of hydrogen-bond donors (Lipinski definition) is 0. The fourth-order valence-corrected chi connectivity index (χ4v) is 6.95. The topological polar surface area (TPSA) is 27.7 Å². The highest BCUT2D eigenvalue weighted by molar-refractivity contribution is 5.41. The average Bonchev–Trinajstić information content (AvgIpc) is 3.31. The van der Waals surface area contributed by atoms with Gasteiger partial charge in [0.05, 0.1) is 19.8 Å². The van der Waals surface area contributed by atoms with E-state index in [1.807, 2.05) is 6.08 Å². The van der Waals surface area contributed by atoms with Crippen molar-refractivity contribution in [1.29, 1.82) is 0 Å². The zero-order chi connectivity index (χ0) is 19.2. The summed E-state index contributed by atoms with van der Waals surface area (Å²) in [7, 11) is 0. The molecule has 3 aliphatic carbocycles. The van der Waals surface area contributed by atoms with Crippen molar-refractivity contribution in [3.05, 3.63) is 42.0 Å². The van der Waals surface area contributed by atoms with E-state index in [1.54, 1.807) is 5.56 Å². The van der Waals surface area contributed by atoms with Gasteiger partial charge in [0.2, 0.25) is 0 Å². The van der Waals surface area contributed by atoms with E-state index in [4.69, 9.17) is 14.2 Å². The van der Waals surface area contributed by atoms with Gasteiger partial charge in [-0.2, -0.15) is 0 Å². The molecule has 0 N–H and O–H groups in total. The lowest BCUT2D eigenvalue weighted by atomic mass is 9.55.